The molecule has 1 rings (SSSR count). The van der Waals surface area contributed by atoms with Crippen LogP contribution in [-0.2, 0) is 4.79 Å². The summed E-state index contributed by atoms with van der Waals surface area (Å²) in [7, 11) is 5.62. The number of hydrogen-bond donors (Lipinski definition) is 2. The second kappa shape index (κ2) is 4.07. The molecule has 0 bridgehead atoms. The van der Waals surface area contributed by atoms with E-state index in [4.69, 9.17) is 0 Å². The summed E-state index contributed by atoms with van der Waals surface area (Å²) in [5.41, 5.74) is -0.340. The van der Waals surface area contributed by atoms with E-state index in [2.05, 4.69) is 10.6 Å². The third-order valence-corrected chi connectivity index (χ3v) is 2.87. The van der Waals surface area contributed by atoms with Crippen LogP contribution in [0.3, 0.4) is 0 Å². The zero-order chi connectivity index (χ0) is 9.90. The number of amides is 1. The number of likely N-dealkylation sites (N-methyl/N-ethyl adjacent to an activating group) is 2. The number of carbonyl (C=O) groups is 1. The molecule has 1 heterocycles. The second-order valence-electron chi connectivity index (χ2n) is 3.79. The quantitative estimate of drug-likeness (QED) is 0.605. The Morgan fingerprint density at radius 2 is 2.23 bits per heavy atom. The average Bonchev–Trinajstić information content (AvgIpc) is 2.17. The van der Waals surface area contributed by atoms with Crippen molar-refractivity contribution in [2.24, 2.45) is 0 Å². The first-order valence-electron chi connectivity index (χ1n) is 4.74. The first-order valence-corrected chi connectivity index (χ1v) is 4.74. The molecule has 1 unspecified atom stereocenters. The molecule has 0 aromatic rings. The standard InChI is InChI=1S/C9H19N3O/c1-10-8(13)9(12(2)3)5-4-6-11-7-9/h11H,4-7H2,1-3H3,(H,10,13). The fourth-order valence-electron chi connectivity index (χ4n) is 1.90. The van der Waals surface area contributed by atoms with E-state index in [9.17, 15) is 4.79 Å². The summed E-state index contributed by atoms with van der Waals surface area (Å²) in [6.07, 6.45) is 2.00. The van der Waals surface area contributed by atoms with Gasteiger partial charge >= 0.3 is 0 Å². The fourth-order valence-corrected chi connectivity index (χ4v) is 1.90. The molecule has 1 fully saturated rings. The van der Waals surface area contributed by atoms with Crippen LogP contribution in [0.1, 0.15) is 12.8 Å². The molecule has 76 valence electrons. The summed E-state index contributed by atoms with van der Waals surface area (Å²) in [6.45, 7) is 1.77. The van der Waals surface area contributed by atoms with Crippen LogP contribution >= 0.6 is 0 Å². The first-order chi connectivity index (χ1) is 6.13. The van der Waals surface area contributed by atoms with Gasteiger partial charge in [0.25, 0.3) is 0 Å². The van der Waals surface area contributed by atoms with Gasteiger partial charge in [0.15, 0.2) is 0 Å². The van der Waals surface area contributed by atoms with Gasteiger partial charge in [-0.05, 0) is 33.5 Å². The topological polar surface area (TPSA) is 44.4 Å². The minimum absolute atomic E-state index is 0.115. The van der Waals surface area contributed by atoms with Crippen molar-refractivity contribution < 1.29 is 4.79 Å². The van der Waals surface area contributed by atoms with Crippen molar-refractivity contribution >= 4 is 5.91 Å². The first kappa shape index (κ1) is 10.5. The molecule has 0 radical (unpaired) electrons. The van der Waals surface area contributed by atoms with Gasteiger partial charge in [-0.25, -0.2) is 0 Å². The lowest BCUT2D eigenvalue weighted by Gasteiger charge is -2.41. The van der Waals surface area contributed by atoms with Gasteiger partial charge in [-0.3, -0.25) is 9.69 Å². The van der Waals surface area contributed by atoms with Gasteiger partial charge in [-0.2, -0.15) is 0 Å². The van der Waals surface area contributed by atoms with Gasteiger partial charge in [0.1, 0.15) is 5.54 Å². The molecule has 0 saturated carbocycles. The zero-order valence-electron chi connectivity index (χ0n) is 8.68. The van der Waals surface area contributed by atoms with Crippen molar-refractivity contribution in [1.82, 2.24) is 15.5 Å². The van der Waals surface area contributed by atoms with Crippen LogP contribution in [0.15, 0.2) is 0 Å². The zero-order valence-corrected chi connectivity index (χ0v) is 8.68. The molecule has 1 saturated heterocycles. The third-order valence-electron chi connectivity index (χ3n) is 2.87. The highest BCUT2D eigenvalue weighted by Gasteiger charge is 2.40. The Balaban J connectivity index is 2.79. The highest BCUT2D eigenvalue weighted by molar-refractivity contribution is 5.86. The van der Waals surface area contributed by atoms with Gasteiger partial charge in [0.05, 0.1) is 0 Å². The van der Waals surface area contributed by atoms with Crippen molar-refractivity contribution in [2.45, 2.75) is 18.4 Å². The number of nitrogens with zero attached hydrogens (tertiary/aromatic N) is 1. The predicted octanol–water partition coefficient (Wildman–Crippen LogP) is -0.584. The van der Waals surface area contributed by atoms with Crippen molar-refractivity contribution in [3.8, 4) is 0 Å². The van der Waals surface area contributed by atoms with Crippen LogP contribution in [0, 0.1) is 0 Å². The van der Waals surface area contributed by atoms with Crippen molar-refractivity contribution in [2.75, 3.05) is 34.2 Å². The Labute approximate surface area is 79.7 Å². The normalized spacial score (nSPS) is 28.9. The summed E-state index contributed by atoms with van der Waals surface area (Å²) in [6, 6.07) is 0. The van der Waals surface area contributed by atoms with Crippen molar-refractivity contribution in [1.29, 1.82) is 0 Å². The molecule has 1 amide bonds. The van der Waals surface area contributed by atoms with E-state index in [1.165, 1.54) is 0 Å². The lowest BCUT2D eigenvalue weighted by Crippen LogP contribution is -2.63. The van der Waals surface area contributed by atoms with Gasteiger partial charge in [-0.15, -0.1) is 0 Å². The molecule has 4 heteroatoms. The van der Waals surface area contributed by atoms with Crippen LogP contribution < -0.4 is 10.6 Å². The maximum Gasteiger partial charge on any atom is 0.241 e. The van der Waals surface area contributed by atoms with Crippen molar-refractivity contribution in [3.63, 3.8) is 0 Å². The van der Waals surface area contributed by atoms with Crippen LogP contribution in [0.25, 0.3) is 0 Å². The molecule has 0 spiro atoms. The predicted molar refractivity (Wildman–Crippen MR) is 52.6 cm³/mol. The van der Waals surface area contributed by atoms with E-state index in [0.29, 0.717) is 0 Å². The van der Waals surface area contributed by atoms with Crippen molar-refractivity contribution in [3.05, 3.63) is 0 Å². The van der Waals surface area contributed by atoms with Crippen LogP contribution in [0.4, 0.5) is 0 Å². The Kier molecular flexibility index (Phi) is 3.27. The van der Waals surface area contributed by atoms with E-state index < -0.39 is 0 Å². The van der Waals surface area contributed by atoms with E-state index in [1.807, 2.05) is 19.0 Å². The van der Waals surface area contributed by atoms with E-state index in [1.54, 1.807) is 7.05 Å². The second-order valence-corrected chi connectivity index (χ2v) is 3.79. The Morgan fingerprint density at radius 1 is 1.54 bits per heavy atom. The number of carbonyl (C=O) groups excluding carboxylic acids is 1. The van der Waals surface area contributed by atoms with Gasteiger partial charge in [-0.1, -0.05) is 0 Å². The fraction of sp³-hybridized carbons (Fsp3) is 0.889. The molecule has 1 aliphatic heterocycles. The highest BCUT2D eigenvalue weighted by Crippen LogP contribution is 2.21. The molecule has 1 aliphatic rings. The maximum absolute atomic E-state index is 11.7. The number of piperidine rings is 1. The lowest BCUT2D eigenvalue weighted by molar-refractivity contribution is -0.132. The summed E-state index contributed by atoms with van der Waals surface area (Å²) in [5.74, 6) is 0.115. The van der Waals surface area contributed by atoms with E-state index in [-0.39, 0.29) is 11.4 Å². The largest absolute Gasteiger partial charge is 0.358 e. The maximum atomic E-state index is 11.7. The third kappa shape index (κ3) is 1.84. The van der Waals surface area contributed by atoms with Gasteiger partial charge < -0.3 is 10.6 Å². The average molecular weight is 185 g/mol. The molecule has 0 aromatic heterocycles. The Hall–Kier alpha value is -0.610. The lowest BCUT2D eigenvalue weighted by atomic mass is 9.88. The SMILES string of the molecule is CNC(=O)C1(N(C)C)CCCNC1. The molecule has 0 aliphatic carbocycles. The Bertz CT molecular complexity index is 185. The molecule has 2 N–H and O–H groups in total. The Morgan fingerprint density at radius 3 is 2.62 bits per heavy atom. The molecule has 0 aromatic carbocycles. The molecular weight excluding hydrogens is 166 g/mol. The summed E-state index contributed by atoms with van der Waals surface area (Å²) >= 11 is 0. The monoisotopic (exact) mass is 185 g/mol. The summed E-state index contributed by atoms with van der Waals surface area (Å²) in [5, 5.41) is 6.01. The molecule has 4 nitrogen and oxygen atoms in total. The van der Waals surface area contributed by atoms with E-state index in [0.717, 1.165) is 25.9 Å². The number of hydrogen-bond acceptors (Lipinski definition) is 3. The van der Waals surface area contributed by atoms with Crippen LogP contribution in [0.5, 0.6) is 0 Å². The minimum atomic E-state index is -0.340. The van der Waals surface area contributed by atoms with Crippen LogP contribution in [0.2, 0.25) is 0 Å². The highest BCUT2D eigenvalue weighted by atomic mass is 16.2. The molecule has 1 atom stereocenters. The number of rotatable bonds is 2. The van der Waals surface area contributed by atoms with Crippen LogP contribution in [-0.4, -0.2) is 50.6 Å². The van der Waals surface area contributed by atoms with Gasteiger partial charge in [0, 0.05) is 13.6 Å². The molecule has 13 heavy (non-hydrogen) atoms. The summed E-state index contributed by atoms with van der Waals surface area (Å²) in [4.78, 5) is 13.7. The number of nitrogens with one attached hydrogen (secondary N) is 2. The summed E-state index contributed by atoms with van der Waals surface area (Å²) < 4.78 is 0. The minimum Gasteiger partial charge on any atom is -0.358 e. The van der Waals surface area contributed by atoms with E-state index >= 15 is 0 Å². The van der Waals surface area contributed by atoms with Gasteiger partial charge in [0.2, 0.25) is 5.91 Å². The molecular formula is C9H19N3O. The smallest absolute Gasteiger partial charge is 0.241 e.